The summed E-state index contributed by atoms with van der Waals surface area (Å²) in [4.78, 5) is 49.0. The summed E-state index contributed by atoms with van der Waals surface area (Å²) in [6.07, 6.45) is 2.36. The summed E-state index contributed by atoms with van der Waals surface area (Å²) in [5, 5.41) is 0. The molecule has 0 saturated carbocycles. The molecule has 2 fully saturated rings. The Hall–Kier alpha value is -3.07. The molecule has 32 heavy (non-hydrogen) atoms. The normalized spacial score (nSPS) is 22.8. The van der Waals surface area contributed by atoms with Crippen molar-refractivity contribution in [1.29, 1.82) is 0 Å². The SMILES string of the molecule is O=C(c1ccccc1F)N1CCc2c(nc([C@@H]3CCN(C(=O)[C@@H]4CCCO4)C3)[nH]c2=O)C1. The van der Waals surface area contributed by atoms with Crippen LogP contribution in [0.4, 0.5) is 4.39 Å². The zero-order valence-electron chi connectivity index (χ0n) is 17.7. The van der Waals surface area contributed by atoms with Gasteiger partial charge in [-0.1, -0.05) is 12.1 Å². The third kappa shape index (κ3) is 3.81. The maximum Gasteiger partial charge on any atom is 0.257 e. The summed E-state index contributed by atoms with van der Waals surface area (Å²) in [6.45, 7) is 2.19. The highest BCUT2D eigenvalue weighted by Gasteiger charge is 2.35. The molecule has 5 rings (SSSR count). The number of aromatic amines is 1. The number of amides is 2. The Morgan fingerprint density at radius 1 is 1.16 bits per heavy atom. The fraction of sp³-hybridized carbons (Fsp3) is 0.478. The molecule has 0 spiro atoms. The van der Waals surface area contributed by atoms with Gasteiger partial charge in [0.1, 0.15) is 17.7 Å². The van der Waals surface area contributed by atoms with Gasteiger partial charge in [-0.15, -0.1) is 0 Å². The van der Waals surface area contributed by atoms with E-state index in [0.29, 0.717) is 56.2 Å². The van der Waals surface area contributed by atoms with Crippen LogP contribution in [0.3, 0.4) is 0 Å². The maximum atomic E-state index is 14.1. The number of nitrogens with one attached hydrogen (secondary N) is 1. The van der Waals surface area contributed by atoms with Gasteiger partial charge in [-0.25, -0.2) is 9.37 Å². The number of hydrogen-bond donors (Lipinski definition) is 1. The van der Waals surface area contributed by atoms with E-state index in [1.807, 2.05) is 0 Å². The quantitative estimate of drug-likeness (QED) is 0.782. The second kappa shape index (κ2) is 8.46. The fourth-order valence-corrected chi connectivity index (χ4v) is 4.79. The maximum absolute atomic E-state index is 14.1. The molecule has 2 aromatic rings. The minimum absolute atomic E-state index is 0.00645. The third-order valence-corrected chi connectivity index (χ3v) is 6.58. The number of likely N-dealkylation sites (tertiary alicyclic amines) is 1. The van der Waals surface area contributed by atoms with Crippen molar-refractivity contribution < 1.29 is 18.7 Å². The number of hydrogen-bond acceptors (Lipinski definition) is 5. The smallest absolute Gasteiger partial charge is 0.257 e. The molecule has 2 atom stereocenters. The lowest BCUT2D eigenvalue weighted by Gasteiger charge is -2.28. The standard InChI is InChI=1S/C23H25FN4O4/c24-17-5-2-1-4-15(17)22(30)28-10-8-16-18(13-28)25-20(26-21(16)29)14-7-9-27(12-14)23(31)19-6-3-11-32-19/h1-2,4-5,14,19H,3,6-13H2,(H,25,26,29)/t14-,19+/m1/s1. The highest BCUT2D eigenvalue weighted by atomic mass is 19.1. The van der Waals surface area contributed by atoms with Crippen LogP contribution in [0.15, 0.2) is 29.1 Å². The Morgan fingerprint density at radius 3 is 2.78 bits per heavy atom. The van der Waals surface area contributed by atoms with Gasteiger partial charge < -0.3 is 19.5 Å². The van der Waals surface area contributed by atoms with Crippen LogP contribution in [0, 0.1) is 5.82 Å². The van der Waals surface area contributed by atoms with Crippen molar-refractivity contribution in [2.24, 2.45) is 0 Å². The molecule has 0 radical (unpaired) electrons. The van der Waals surface area contributed by atoms with Crippen molar-refractivity contribution in [3.8, 4) is 0 Å². The van der Waals surface area contributed by atoms with Gasteiger partial charge in [0.2, 0.25) is 0 Å². The first-order valence-electron chi connectivity index (χ1n) is 11.1. The van der Waals surface area contributed by atoms with Crippen LogP contribution in [0.2, 0.25) is 0 Å². The molecule has 0 unspecified atom stereocenters. The minimum Gasteiger partial charge on any atom is -0.368 e. The molecule has 9 heteroatoms. The zero-order valence-corrected chi connectivity index (χ0v) is 17.7. The Bertz CT molecular complexity index is 1110. The van der Waals surface area contributed by atoms with Crippen LogP contribution in [-0.2, 0) is 22.5 Å². The van der Waals surface area contributed by atoms with E-state index in [9.17, 15) is 18.8 Å². The number of benzene rings is 1. The van der Waals surface area contributed by atoms with Gasteiger partial charge >= 0.3 is 0 Å². The summed E-state index contributed by atoms with van der Waals surface area (Å²) in [5.74, 6) is -0.504. The first-order chi connectivity index (χ1) is 15.5. The molecule has 1 aromatic carbocycles. The third-order valence-electron chi connectivity index (χ3n) is 6.58. The lowest BCUT2D eigenvalue weighted by molar-refractivity contribution is -0.139. The van der Waals surface area contributed by atoms with Gasteiger partial charge in [0.15, 0.2) is 0 Å². The van der Waals surface area contributed by atoms with Crippen molar-refractivity contribution in [2.75, 3.05) is 26.2 Å². The predicted molar refractivity (Wildman–Crippen MR) is 113 cm³/mol. The number of fused-ring (bicyclic) bond motifs is 1. The van der Waals surface area contributed by atoms with Crippen LogP contribution >= 0.6 is 0 Å². The molecule has 2 saturated heterocycles. The Morgan fingerprint density at radius 2 is 2.00 bits per heavy atom. The summed E-state index contributed by atoms with van der Waals surface area (Å²) in [7, 11) is 0. The summed E-state index contributed by atoms with van der Waals surface area (Å²) < 4.78 is 19.6. The predicted octanol–water partition coefficient (Wildman–Crippen LogP) is 1.60. The number of carbonyl (C=O) groups excluding carboxylic acids is 2. The molecule has 4 heterocycles. The Kier molecular flexibility index (Phi) is 5.50. The first kappa shape index (κ1) is 20.8. The van der Waals surface area contributed by atoms with E-state index in [-0.39, 0.29) is 35.6 Å². The number of halogens is 1. The molecule has 168 valence electrons. The van der Waals surface area contributed by atoms with Gasteiger partial charge in [0.05, 0.1) is 17.8 Å². The van der Waals surface area contributed by atoms with E-state index in [1.54, 1.807) is 17.0 Å². The number of ether oxygens (including phenoxy) is 1. The average molecular weight is 440 g/mol. The van der Waals surface area contributed by atoms with Crippen LogP contribution in [0.25, 0.3) is 0 Å². The van der Waals surface area contributed by atoms with Crippen LogP contribution in [0.1, 0.15) is 52.6 Å². The van der Waals surface area contributed by atoms with Crippen LogP contribution in [0.5, 0.6) is 0 Å². The summed E-state index contributed by atoms with van der Waals surface area (Å²) >= 11 is 0. The number of H-pyrrole nitrogens is 1. The highest BCUT2D eigenvalue weighted by Crippen LogP contribution is 2.28. The lowest BCUT2D eigenvalue weighted by atomic mass is 10.0. The highest BCUT2D eigenvalue weighted by molar-refractivity contribution is 5.94. The number of rotatable bonds is 3. The largest absolute Gasteiger partial charge is 0.368 e. The molecule has 1 N–H and O–H groups in total. The van der Waals surface area contributed by atoms with Crippen molar-refractivity contribution in [3.63, 3.8) is 0 Å². The van der Waals surface area contributed by atoms with E-state index in [1.165, 1.54) is 17.0 Å². The van der Waals surface area contributed by atoms with E-state index >= 15 is 0 Å². The van der Waals surface area contributed by atoms with E-state index < -0.39 is 11.7 Å². The molecule has 3 aliphatic heterocycles. The average Bonchev–Trinajstić information content (AvgIpc) is 3.51. The van der Waals surface area contributed by atoms with Crippen molar-refractivity contribution in [3.05, 3.63) is 63.1 Å². The second-order valence-electron chi connectivity index (χ2n) is 8.60. The molecule has 1 aromatic heterocycles. The van der Waals surface area contributed by atoms with Crippen molar-refractivity contribution >= 4 is 11.8 Å². The fourth-order valence-electron chi connectivity index (χ4n) is 4.79. The van der Waals surface area contributed by atoms with Crippen molar-refractivity contribution in [1.82, 2.24) is 19.8 Å². The number of carbonyl (C=O) groups is 2. The lowest BCUT2D eigenvalue weighted by Crippen LogP contribution is -2.40. The number of aromatic nitrogens is 2. The second-order valence-corrected chi connectivity index (χ2v) is 8.60. The van der Waals surface area contributed by atoms with Crippen LogP contribution in [-0.4, -0.2) is 63.9 Å². The molecule has 0 aliphatic carbocycles. The van der Waals surface area contributed by atoms with Crippen molar-refractivity contribution in [2.45, 2.75) is 44.2 Å². The molecular formula is C23H25FN4O4. The van der Waals surface area contributed by atoms with Gasteiger partial charge in [0, 0.05) is 37.7 Å². The van der Waals surface area contributed by atoms with Gasteiger partial charge in [-0.3, -0.25) is 14.4 Å². The summed E-state index contributed by atoms with van der Waals surface area (Å²) in [6, 6.07) is 5.89. The van der Waals surface area contributed by atoms with E-state index in [2.05, 4.69) is 9.97 Å². The Labute approximate surface area is 184 Å². The molecule has 3 aliphatic rings. The first-order valence-corrected chi connectivity index (χ1v) is 11.1. The van der Waals surface area contributed by atoms with Crippen LogP contribution < -0.4 is 5.56 Å². The zero-order chi connectivity index (χ0) is 22.2. The molecular weight excluding hydrogens is 415 g/mol. The molecule has 2 amide bonds. The monoisotopic (exact) mass is 440 g/mol. The van der Waals surface area contributed by atoms with Gasteiger partial charge in [-0.2, -0.15) is 0 Å². The summed E-state index contributed by atoms with van der Waals surface area (Å²) in [5.41, 5.74) is 0.923. The minimum atomic E-state index is -0.565. The van der Waals surface area contributed by atoms with E-state index in [0.717, 1.165) is 12.8 Å². The van der Waals surface area contributed by atoms with E-state index in [4.69, 9.17) is 4.74 Å². The van der Waals surface area contributed by atoms with Gasteiger partial charge in [0.25, 0.3) is 17.4 Å². The van der Waals surface area contributed by atoms with Gasteiger partial charge in [-0.05, 0) is 37.8 Å². The number of nitrogens with zero attached hydrogens (tertiary/aromatic N) is 3. The Balaban J connectivity index is 1.33. The topological polar surface area (TPSA) is 95.6 Å². The molecule has 8 nitrogen and oxygen atoms in total. The molecule has 0 bridgehead atoms.